The number of benzene rings is 1. The molecule has 4 nitrogen and oxygen atoms in total. The van der Waals surface area contributed by atoms with Crippen LogP contribution in [0.25, 0.3) is 0 Å². The van der Waals surface area contributed by atoms with Crippen LogP contribution in [0.2, 0.25) is 0 Å². The van der Waals surface area contributed by atoms with Crippen molar-refractivity contribution in [3.63, 3.8) is 0 Å². The molecule has 0 unspecified atom stereocenters. The number of aryl methyl sites for hydroxylation is 1. The maximum atomic E-state index is 11.3. The van der Waals surface area contributed by atoms with Gasteiger partial charge in [-0.2, -0.15) is 0 Å². The number of carbonyl (C=O) groups is 2. The van der Waals surface area contributed by atoms with Gasteiger partial charge in [-0.05, 0) is 30.5 Å². The quantitative estimate of drug-likeness (QED) is 0.846. The van der Waals surface area contributed by atoms with E-state index in [4.69, 9.17) is 5.11 Å². The molecule has 0 bridgehead atoms. The second-order valence-electron chi connectivity index (χ2n) is 4.15. The number of carboxylic acid groups (broad SMARTS) is 1. The number of rotatable bonds is 5. The third-order valence-electron chi connectivity index (χ3n) is 2.53. The molecular formula is C13H17NO3. The van der Waals surface area contributed by atoms with E-state index in [-0.39, 0.29) is 5.91 Å². The molecular weight excluding hydrogens is 218 g/mol. The topological polar surface area (TPSA) is 57.6 Å². The van der Waals surface area contributed by atoms with E-state index in [2.05, 4.69) is 0 Å². The average molecular weight is 235 g/mol. The molecule has 1 rings (SSSR count). The van der Waals surface area contributed by atoms with Gasteiger partial charge >= 0.3 is 5.97 Å². The van der Waals surface area contributed by atoms with Gasteiger partial charge in [-0.1, -0.05) is 12.1 Å². The molecule has 0 aliphatic carbocycles. The summed E-state index contributed by atoms with van der Waals surface area (Å²) >= 11 is 0. The van der Waals surface area contributed by atoms with Crippen LogP contribution in [0.5, 0.6) is 0 Å². The van der Waals surface area contributed by atoms with Crippen LogP contribution in [0.3, 0.4) is 0 Å². The van der Waals surface area contributed by atoms with E-state index in [1.165, 1.54) is 0 Å². The van der Waals surface area contributed by atoms with Gasteiger partial charge in [0, 0.05) is 20.5 Å². The van der Waals surface area contributed by atoms with Gasteiger partial charge in [0.15, 0.2) is 0 Å². The van der Waals surface area contributed by atoms with Crippen LogP contribution in [0.1, 0.15) is 28.8 Å². The summed E-state index contributed by atoms with van der Waals surface area (Å²) in [5, 5.41) is 8.83. The molecule has 0 aromatic heterocycles. The van der Waals surface area contributed by atoms with Crippen molar-refractivity contribution in [1.29, 1.82) is 0 Å². The maximum Gasteiger partial charge on any atom is 0.335 e. The molecule has 1 amide bonds. The summed E-state index contributed by atoms with van der Waals surface area (Å²) in [6.07, 6.45) is 1.95. The van der Waals surface area contributed by atoms with Gasteiger partial charge in [-0.3, -0.25) is 4.79 Å². The molecule has 0 spiro atoms. The highest BCUT2D eigenvalue weighted by atomic mass is 16.4. The zero-order valence-electron chi connectivity index (χ0n) is 10.1. The van der Waals surface area contributed by atoms with Gasteiger partial charge in [0.05, 0.1) is 5.56 Å². The van der Waals surface area contributed by atoms with Crippen molar-refractivity contribution in [1.82, 2.24) is 4.90 Å². The molecule has 0 atom stereocenters. The second kappa shape index (κ2) is 6.03. The Morgan fingerprint density at radius 3 is 2.59 bits per heavy atom. The highest BCUT2D eigenvalue weighted by molar-refractivity contribution is 5.87. The summed E-state index contributed by atoms with van der Waals surface area (Å²) in [4.78, 5) is 23.7. The molecule has 0 fully saturated rings. The van der Waals surface area contributed by atoms with Crippen LogP contribution in [-0.2, 0) is 11.2 Å². The Balaban J connectivity index is 2.50. The van der Waals surface area contributed by atoms with Crippen LogP contribution in [0, 0.1) is 0 Å². The minimum Gasteiger partial charge on any atom is -0.478 e. The Labute approximate surface area is 101 Å². The molecule has 0 heterocycles. The van der Waals surface area contributed by atoms with Crippen molar-refractivity contribution in [3.8, 4) is 0 Å². The zero-order chi connectivity index (χ0) is 12.8. The van der Waals surface area contributed by atoms with Gasteiger partial charge in [0.1, 0.15) is 0 Å². The SMILES string of the molecule is CN(C)C(=O)CCCc1cccc(C(=O)O)c1. The molecule has 0 aliphatic rings. The van der Waals surface area contributed by atoms with E-state index in [9.17, 15) is 9.59 Å². The van der Waals surface area contributed by atoms with Gasteiger partial charge in [-0.25, -0.2) is 4.79 Å². The standard InChI is InChI=1S/C13H17NO3/c1-14(2)12(15)8-4-6-10-5-3-7-11(9-10)13(16)17/h3,5,7,9H,4,6,8H2,1-2H3,(H,16,17). The van der Waals surface area contributed by atoms with E-state index < -0.39 is 5.97 Å². The lowest BCUT2D eigenvalue weighted by molar-refractivity contribution is -0.128. The van der Waals surface area contributed by atoms with Crippen LogP contribution in [0.15, 0.2) is 24.3 Å². The monoisotopic (exact) mass is 235 g/mol. The predicted molar refractivity (Wildman–Crippen MR) is 65.0 cm³/mol. The normalized spacial score (nSPS) is 10.0. The van der Waals surface area contributed by atoms with Crippen LogP contribution in [0.4, 0.5) is 0 Å². The number of hydrogen-bond donors (Lipinski definition) is 1. The van der Waals surface area contributed by atoms with Gasteiger partial charge in [-0.15, -0.1) is 0 Å². The first-order valence-electron chi connectivity index (χ1n) is 5.53. The van der Waals surface area contributed by atoms with E-state index in [1.54, 1.807) is 37.2 Å². The third-order valence-corrected chi connectivity index (χ3v) is 2.53. The number of carbonyl (C=O) groups excluding carboxylic acids is 1. The van der Waals surface area contributed by atoms with Gasteiger partial charge in [0.25, 0.3) is 0 Å². The Bertz CT molecular complexity index is 413. The first-order valence-corrected chi connectivity index (χ1v) is 5.53. The maximum absolute atomic E-state index is 11.3. The molecule has 1 aromatic rings. The highest BCUT2D eigenvalue weighted by Gasteiger charge is 2.05. The van der Waals surface area contributed by atoms with Gasteiger partial charge < -0.3 is 10.0 Å². The van der Waals surface area contributed by atoms with E-state index >= 15 is 0 Å². The van der Waals surface area contributed by atoms with Crippen molar-refractivity contribution in [2.24, 2.45) is 0 Å². The Kier molecular flexibility index (Phi) is 4.69. The first-order chi connectivity index (χ1) is 8.00. The smallest absolute Gasteiger partial charge is 0.335 e. The van der Waals surface area contributed by atoms with Crippen molar-refractivity contribution in [2.75, 3.05) is 14.1 Å². The summed E-state index contributed by atoms with van der Waals surface area (Å²) in [7, 11) is 3.46. The molecule has 17 heavy (non-hydrogen) atoms. The fraction of sp³-hybridized carbons (Fsp3) is 0.385. The minimum absolute atomic E-state index is 0.0967. The van der Waals surface area contributed by atoms with Crippen LogP contribution in [-0.4, -0.2) is 36.0 Å². The highest BCUT2D eigenvalue weighted by Crippen LogP contribution is 2.09. The summed E-state index contributed by atoms with van der Waals surface area (Å²) < 4.78 is 0. The number of nitrogens with zero attached hydrogens (tertiary/aromatic N) is 1. The fourth-order valence-corrected chi connectivity index (χ4v) is 1.53. The van der Waals surface area contributed by atoms with E-state index in [1.807, 2.05) is 6.07 Å². The van der Waals surface area contributed by atoms with Crippen molar-refractivity contribution >= 4 is 11.9 Å². The van der Waals surface area contributed by atoms with E-state index in [0.717, 1.165) is 18.4 Å². The number of aromatic carboxylic acids is 1. The second-order valence-corrected chi connectivity index (χ2v) is 4.15. The van der Waals surface area contributed by atoms with Crippen LogP contribution >= 0.6 is 0 Å². The minimum atomic E-state index is -0.920. The Morgan fingerprint density at radius 2 is 2.00 bits per heavy atom. The molecule has 4 heteroatoms. The molecule has 0 aliphatic heterocycles. The van der Waals surface area contributed by atoms with Crippen LogP contribution < -0.4 is 0 Å². The number of hydrogen-bond acceptors (Lipinski definition) is 2. The predicted octanol–water partition coefficient (Wildman–Crippen LogP) is 1.80. The van der Waals surface area contributed by atoms with E-state index in [0.29, 0.717) is 12.0 Å². The Hall–Kier alpha value is -1.84. The summed E-state index contributed by atoms with van der Waals surface area (Å²) in [5.74, 6) is -0.824. The molecule has 92 valence electrons. The summed E-state index contributed by atoms with van der Waals surface area (Å²) in [6.45, 7) is 0. The molecule has 1 N–H and O–H groups in total. The Morgan fingerprint density at radius 1 is 1.29 bits per heavy atom. The summed E-state index contributed by atoms with van der Waals surface area (Å²) in [5.41, 5.74) is 1.25. The molecule has 1 aromatic carbocycles. The lowest BCUT2D eigenvalue weighted by Gasteiger charge is -2.09. The molecule has 0 saturated carbocycles. The summed E-state index contributed by atoms with van der Waals surface area (Å²) in [6, 6.07) is 6.83. The first kappa shape index (κ1) is 13.2. The van der Waals surface area contributed by atoms with Crippen molar-refractivity contribution in [3.05, 3.63) is 35.4 Å². The lowest BCUT2D eigenvalue weighted by Crippen LogP contribution is -2.21. The lowest BCUT2D eigenvalue weighted by atomic mass is 10.1. The van der Waals surface area contributed by atoms with Crippen molar-refractivity contribution < 1.29 is 14.7 Å². The number of carboxylic acids is 1. The fourth-order valence-electron chi connectivity index (χ4n) is 1.53. The van der Waals surface area contributed by atoms with Crippen molar-refractivity contribution in [2.45, 2.75) is 19.3 Å². The average Bonchev–Trinajstić information content (AvgIpc) is 2.29. The third kappa shape index (κ3) is 4.26. The molecule has 0 radical (unpaired) electrons. The largest absolute Gasteiger partial charge is 0.478 e. The zero-order valence-corrected chi connectivity index (χ0v) is 10.1. The number of amides is 1. The molecule has 0 saturated heterocycles. The van der Waals surface area contributed by atoms with Gasteiger partial charge in [0.2, 0.25) is 5.91 Å².